The Morgan fingerprint density at radius 3 is 3.00 bits per heavy atom. The van der Waals surface area contributed by atoms with E-state index in [-0.39, 0.29) is 5.92 Å². The first kappa shape index (κ1) is 10.8. The molecule has 0 amide bonds. The van der Waals surface area contributed by atoms with Crippen LogP contribution in [0.25, 0.3) is 10.7 Å². The van der Waals surface area contributed by atoms with Gasteiger partial charge in [0.1, 0.15) is 5.01 Å². The van der Waals surface area contributed by atoms with E-state index in [2.05, 4.69) is 16.0 Å². The Morgan fingerprint density at radius 2 is 2.38 bits per heavy atom. The lowest BCUT2D eigenvalue weighted by Gasteiger charge is -1.99. The van der Waals surface area contributed by atoms with Gasteiger partial charge in [-0.05, 0) is 18.6 Å². The van der Waals surface area contributed by atoms with Crippen LogP contribution in [-0.2, 0) is 0 Å². The summed E-state index contributed by atoms with van der Waals surface area (Å²) in [5, 5.41) is 11.8. The summed E-state index contributed by atoms with van der Waals surface area (Å²) >= 11 is 1.54. The van der Waals surface area contributed by atoms with Crippen molar-refractivity contribution >= 4 is 11.3 Å². The van der Waals surface area contributed by atoms with E-state index in [1.165, 1.54) is 11.3 Å². The molecule has 0 aromatic carbocycles. The summed E-state index contributed by atoms with van der Waals surface area (Å²) in [7, 11) is 0. The van der Waals surface area contributed by atoms with Gasteiger partial charge in [-0.2, -0.15) is 5.26 Å². The Kier molecular flexibility index (Phi) is 3.28. The maximum atomic E-state index is 8.96. The normalized spacial score (nSPS) is 12.0. The van der Waals surface area contributed by atoms with Crippen LogP contribution in [0.2, 0.25) is 0 Å². The molecule has 0 fully saturated rings. The Balaban J connectivity index is 2.30. The number of aromatic nitrogens is 2. The van der Waals surface area contributed by atoms with Gasteiger partial charge in [0.15, 0.2) is 0 Å². The van der Waals surface area contributed by atoms with Crippen LogP contribution in [0.15, 0.2) is 29.8 Å². The van der Waals surface area contributed by atoms with Gasteiger partial charge in [-0.25, -0.2) is 4.98 Å². The first-order chi connectivity index (χ1) is 7.85. The predicted octanol–water partition coefficient (Wildman–Crippen LogP) is 3.22. The van der Waals surface area contributed by atoms with Gasteiger partial charge in [0.2, 0.25) is 0 Å². The molecule has 2 rings (SSSR count). The Hall–Kier alpha value is -1.73. The standard InChI is InChI=1S/C12H11N3S/c1-2-9(7-13)11-8-16-12(15-11)10-5-3-4-6-14-10/h3-6,8-9H,2H2,1H3. The average molecular weight is 229 g/mol. The molecule has 0 radical (unpaired) electrons. The van der Waals surface area contributed by atoms with Crippen molar-refractivity contribution in [2.75, 3.05) is 0 Å². The van der Waals surface area contributed by atoms with E-state index >= 15 is 0 Å². The fourth-order valence-corrected chi connectivity index (χ4v) is 2.27. The van der Waals surface area contributed by atoms with E-state index in [9.17, 15) is 0 Å². The zero-order valence-corrected chi connectivity index (χ0v) is 9.74. The maximum Gasteiger partial charge on any atom is 0.142 e. The summed E-state index contributed by atoms with van der Waals surface area (Å²) < 4.78 is 0. The van der Waals surface area contributed by atoms with Crippen molar-refractivity contribution in [3.05, 3.63) is 35.5 Å². The molecule has 2 aromatic heterocycles. The molecular weight excluding hydrogens is 218 g/mol. The van der Waals surface area contributed by atoms with Crippen molar-refractivity contribution < 1.29 is 0 Å². The minimum Gasteiger partial charge on any atom is -0.254 e. The summed E-state index contributed by atoms with van der Waals surface area (Å²) in [6.07, 6.45) is 2.54. The minimum absolute atomic E-state index is 0.103. The highest BCUT2D eigenvalue weighted by Gasteiger charge is 2.13. The van der Waals surface area contributed by atoms with Crippen molar-refractivity contribution in [2.45, 2.75) is 19.3 Å². The zero-order valence-electron chi connectivity index (χ0n) is 8.92. The van der Waals surface area contributed by atoms with Crippen LogP contribution in [-0.4, -0.2) is 9.97 Å². The lowest BCUT2D eigenvalue weighted by molar-refractivity contribution is 0.795. The molecule has 1 atom stereocenters. The quantitative estimate of drug-likeness (QED) is 0.812. The van der Waals surface area contributed by atoms with Crippen LogP contribution in [0.4, 0.5) is 0 Å². The highest BCUT2D eigenvalue weighted by atomic mass is 32.1. The van der Waals surface area contributed by atoms with Gasteiger partial charge >= 0.3 is 0 Å². The van der Waals surface area contributed by atoms with Crippen LogP contribution in [0.3, 0.4) is 0 Å². The molecule has 0 saturated heterocycles. The van der Waals surface area contributed by atoms with Gasteiger partial charge in [0, 0.05) is 11.6 Å². The van der Waals surface area contributed by atoms with Crippen molar-refractivity contribution in [1.29, 1.82) is 5.26 Å². The number of pyridine rings is 1. The minimum atomic E-state index is -0.103. The van der Waals surface area contributed by atoms with Crippen LogP contribution in [0.1, 0.15) is 25.0 Å². The molecule has 1 unspecified atom stereocenters. The highest BCUT2D eigenvalue weighted by molar-refractivity contribution is 7.13. The molecule has 0 bridgehead atoms. The summed E-state index contributed by atoms with van der Waals surface area (Å²) in [6, 6.07) is 8.00. The number of hydrogen-bond acceptors (Lipinski definition) is 4. The number of thiazole rings is 1. The van der Waals surface area contributed by atoms with Gasteiger partial charge in [-0.3, -0.25) is 4.98 Å². The Labute approximate surface area is 98.4 Å². The predicted molar refractivity (Wildman–Crippen MR) is 64.0 cm³/mol. The fraction of sp³-hybridized carbons (Fsp3) is 0.250. The molecular formula is C12H11N3S. The highest BCUT2D eigenvalue weighted by Crippen LogP contribution is 2.26. The van der Waals surface area contributed by atoms with Gasteiger partial charge in [-0.15, -0.1) is 11.3 Å². The van der Waals surface area contributed by atoms with E-state index in [0.29, 0.717) is 0 Å². The molecule has 0 aliphatic rings. The zero-order chi connectivity index (χ0) is 11.4. The molecule has 0 spiro atoms. The van der Waals surface area contributed by atoms with E-state index in [0.717, 1.165) is 22.8 Å². The Morgan fingerprint density at radius 1 is 1.50 bits per heavy atom. The molecule has 4 heteroatoms. The maximum absolute atomic E-state index is 8.96. The summed E-state index contributed by atoms with van der Waals surface area (Å²) in [4.78, 5) is 8.69. The second-order valence-electron chi connectivity index (χ2n) is 3.38. The molecule has 0 N–H and O–H groups in total. The number of rotatable bonds is 3. The lowest BCUT2D eigenvalue weighted by Crippen LogP contribution is -1.93. The average Bonchev–Trinajstić information content (AvgIpc) is 2.81. The smallest absolute Gasteiger partial charge is 0.142 e. The van der Waals surface area contributed by atoms with E-state index in [1.54, 1.807) is 6.20 Å². The number of nitriles is 1. The lowest BCUT2D eigenvalue weighted by atomic mass is 10.1. The number of hydrogen-bond donors (Lipinski definition) is 0. The molecule has 80 valence electrons. The second-order valence-corrected chi connectivity index (χ2v) is 4.24. The number of nitrogens with zero attached hydrogens (tertiary/aromatic N) is 3. The van der Waals surface area contributed by atoms with E-state index in [4.69, 9.17) is 5.26 Å². The Bertz CT molecular complexity index is 498. The summed E-state index contributed by atoms with van der Waals surface area (Å²) in [6.45, 7) is 1.99. The first-order valence-electron chi connectivity index (χ1n) is 5.11. The van der Waals surface area contributed by atoms with Crippen molar-refractivity contribution in [1.82, 2.24) is 9.97 Å². The molecule has 2 aromatic rings. The molecule has 0 saturated carbocycles. The van der Waals surface area contributed by atoms with Crippen molar-refractivity contribution in [3.8, 4) is 16.8 Å². The van der Waals surface area contributed by atoms with Gasteiger partial charge < -0.3 is 0 Å². The molecule has 0 aliphatic carbocycles. The van der Waals surface area contributed by atoms with E-state index in [1.807, 2.05) is 30.5 Å². The third kappa shape index (κ3) is 2.10. The van der Waals surface area contributed by atoms with Crippen molar-refractivity contribution in [2.24, 2.45) is 0 Å². The third-order valence-corrected chi connectivity index (χ3v) is 3.21. The van der Waals surface area contributed by atoms with Crippen LogP contribution < -0.4 is 0 Å². The molecule has 3 nitrogen and oxygen atoms in total. The van der Waals surface area contributed by atoms with Crippen LogP contribution in [0, 0.1) is 11.3 Å². The van der Waals surface area contributed by atoms with Gasteiger partial charge in [0.05, 0.1) is 23.4 Å². The first-order valence-corrected chi connectivity index (χ1v) is 5.99. The SMILES string of the molecule is CCC(C#N)c1csc(-c2ccccn2)n1. The van der Waals surface area contributed by atoms with Crippen LogP contribution in [0.5, 0.6) is 0 Å². The largest absolute Gasteiger partial charge is 0.254 e. The molecule has 16 heavy (non-hydrogen) atoms. The van der Waals surface area contributed by atoms with Gasteiger partial charge in [-0.1, -0.05) is 13.0 Å². The topological polar surface area (TPSA) is 49.6 Å². The monoisotopic (exact) mass is 229 g/mol. The molecule has 0 aliphatic heterocycles. The van der Waals surface area contributed by atoms with Gasteiger partial charge in [0.25, 0.3) is 0 Å². The third-order valence-electron chi connectivity index (χ3n) is 2.33. The van der Waals surface area contributed by atoms with E-state index < -0.39 is 0 Å². The summed E-state index contributed by atoms with van der Waals surface area (Å²) in [5.74, 6) is -0.103. The molecule has 2 heterocycles. The fourth-order valence-electron chi connectivity index (χ4n) is 1.42. The van der Waals surface area contributed by atoms with Crippen molar-refractivity contribution in [3.63, 3.8) is 0 Å². The summed E-state index contributed by atoms with van der Waals surface area (Å²) in [5.41, 5.74) is 1.72. The second kappa shape index (κ2) is 4.86. The van der Waals surface area contributed by atoms with Crippen LogP contribution >= 0.6 is 11.3 Å².